The van der Waals surface area contributed by atoms with E-state index in [1.807, 2.05) is 26.0 Å². The fourth-order valence-electron chi connectivity index (χ4n) is 5.74. The lowest BCUT2D eigenvalue weighted by Gasteiger charge is -2.33. The Hall–Kier alpha value is -3.31. The average Bonchev–Trinajstić information content (AvgIpc) is 3.38. The largest absolute Gasteiger partial charge is 0.402 e. The van der Waals surface area contributed by atoms with Crippen LogP contribution in [0, 0.1) is 0 Å². The molecule has 0 bridgehead atoms. The number of amides is 1. The Bertz CT molecular complexity index is 1340. The van der Waals surface area contributed by atoms with E-state index in [1.54, 1.807) is 7.05 Å². The summed E-state index contributed by atoms with van der Waals surface area (Å²) in [4.78, 5) is 29.8. The van der Waals surface area contributed by atoms with Gasteiger partial charge >= 0.3 is 0 Å². The van der Waals surface area contributed by atoms with Gasteiger partial charge in [0.25, 0.3) is 5.91 Å². The molecular weight excluding hydrogens is 538 g/mol. The number of carbonyl (C=O) groups is 1. The van der Waals surface area contributed by atoms with Crippen LogP contribution >= 0.6 is 0 Å². The van der Waals surface area contributed by atoms with Crippen LogP contribution in [0.1, 0.15) is 67.1 Å². The number of allylic oxidation sites excluding steroid dienone is 1. The van der Waals surface area contributed by atoms with Crippen LogP contribution in [0.2, 0.25) is 0 Å². The number of benzene rings is 1. The molecule has 0 spiro atoms. The zero-order valence-electron chi connectivity index (χ0n) is 24.2. The number of fused-ring (bicyclic) bond motifs is 1. The van der Waals surface area contributed by atoms with Crippen LogP contribution in [0.4, 0.5) is 11.8 Å². The molecule has 0 saturated carbocycles. The first-order valence-electron chi connectivity index (χ1n) is 14.5. The molecule has 4 N–H and O–H groups in total. The quantitative estimate of drug-likeness (QED) is 0.406. The molecule has 3 aliphatic heterocycles. The first-order chi connectivity index (χ1) is 19.8. The van der Waals surface area contributed by atoms with Gasteiger partial charge in [-0.05, 0) is 63.1 Å². The van der Waals surface area contributed by atoms with Gasteiger partial charge in [0.1, 0.15) is 10.7 Å². The van der Waals surface area contributed by atoms with Gasteiger partial charge in [0.2, 0.25) is 5.95 Å². The molecule has 1 atom stereocenters. The molecule has 2 aromatic rings. The normalized spacial score (nSPS) is 20.9. The summed E-state index contributed by atoms with van der Waals surface area (Å²) in [6, 6.07) is 8.20. The van der Waals surface area contributed by atoms with Crippen LogP contribution in [0.3, 0.4) is 0 Å². The monoisotopic (exact) mass is 579 g/mol. The van der Waals surface area contributed by atoms with Crippen molar-refractivity contribution < 1.29 is 13.7 Å². The summed E-state index contributed by atoms with van der Waals surface area (Å²) < 4.78 is 18.2. The lowest BCUT2D eigenvalue weighted by atomic mass is 9.89. The molecular formula is C30H41N7O3S. The van der Waals surface area contributed by atoms with Gasteiger partial charge in [-0.15, -0.1) is 0 Å². The van der Waals surface area contributed by atoms with Crippen LogP contribution in [-0.4, -0.2) is 77.5 Å². The highest BCUT2D eigenvalue weighted by atomic mass is 32.2. The van der Waals surface area contributed by atoms with Crippen LogP contribution in [0.25, 0.3) is 0 Å². The van der Waals surface area contributed by atoms with Gasteiger partial charge in [0.05, 0.1) is 16.5 Å². The van der Waals surface area contributed by atoms with Crippen LogP contribution in [-0.2, 0) is 22.0 Å². The topological polar surface area (TPSA) is 135 Å². The molecule has 1 unspecified atom stereocenters. The second-order valence-corrected chi connectivity index (χ2v) is 12.5. The standard InChI is InChI=1S/C30H41N7O3S/c1-19(31)25(20(2)32-3)18-33-29(38)23-6-4-21(5-7-23)22-8-13-37(14-9-22)30-35-26-12-17-41(39)27(26)28(36-30)34-24-10-15-40-16-11-24/h4-7,22,24H,8-18,31H2,1-3H3,(H,33,38)(H,34,35,36). The number of ether oxygens (including phenoxy) is 1. The number of nitrogens with one attached hydrogen (secondary N) is 2. The van der Waals surface area contributed by atoms with Crippen molar-refractivity contribution in [2.75, 3.05) is 55.9 Å². The smallest absolute Gasteiger partial charge is 0.251 e. The Kier molecular flexibility index (Phi) is 9.34. The molecule has 5 rings (SSSR count). The summed E-state index contributed by atoms with van der Waals surface area (Å²) in [7, 11) is 0.666. The van der Waals surface area contributed by atoms with E-state index in [9.17, 15) is 9.00 Å². The van der Waals surface area contributed by atoms with Crippen LogP contribution in [0.15, 0.2) is 45.4 Å². The van der Waals surface area contributed by atoms with E-state index in [4.69, 9.17) is 20.4 Å². The summed E-state index contributed by atoms with van der Waals surface area (Å²) >= 11 is 0. The maximum absolute atomic E-state index is 12.8. The van der Waals surface area contributed by atoms with Crippen LogP contribution < -0.4 is 21.3 Å². The number of carbonyl (C=O) groups excluding carboxylic acids is 1. The lowest BCUT2D eigenvalue weighted by Crippen LogP contribution is -2.35. The Balaban J connectivity index is 1.20. The van der Waals surface area contributed by atoms with Crippen molar-refractivity contribution in [3.05, 3.63) is 52.4 Å². The van der Waals surface area contributed by atoms with E-state index in [-0.39, 0.29) is 11.9 Å². The van der Waals surface area contributed by atoms with Crippen molar-refractivity contribution in [3.8, 4) is 0 Å². The Morgan fingerprint density at radius 3 is 2.49 bits per heavy atom. The summed E-state index contributed by atoms with van der Waals surface area (Å²) in [6.45, 7) is 7.21. The summed E-state index contributed by atoms with van der Waals surface area (Å²) in [5.74, 6) is 2.36. The van der Waals surface area contributed by atoms with Crippen molar-refractivity contribution in [1.82, 2.24) is 15.3 Å². The molecule has 1 aromatic heterocycles. The molecule has 11 heteroatoms. The minimum absolute atomic E-state index is 0.131. The SMILES string of the molecule is CN=C(C)C(CNC(=O)c1ccc(C2CCN(c3nc4c(c(NC5CCOCC5)n3)S(=O)CC4)CC2)cc1)=C(C)N. The highest BCUT2D eigenvalue weighted by Crippen LogP contribution is 2.34. The summed E-state index contributed by atoms with van der Waals surface area (Å²) in [6.07, 6.45) is 4.52. The number of aryl methyl sites for hydroxylation is 1. The molecule has 41 heavy (non-hydrogen) atoms. The average molecular weight is 580 g/mol. The number of rotatable bonds is 8. The van der Waals surface area contributed by atoms with Crippen molar-refractivity contribution in [3.63, 3.8) is 0 Å². The number of nitrogens with zero attached hydrogens (tertiary/aromatic N) is 4. The van der Waals surface area contributed by atoms with Gasteiger partial charge < -0.3 is 26.0 Å². The van der Waals surface area contributed by atoms with Gasteiger partial charge in [0, 0.05) is 80.7 Å². The van der Waals surface area contributed by atoms with Crippen molar-refractivity contribution in [1.29, 1.82) is 0 Å². The molecule has 1 aromatic carbocycles. The molecule has 0 radical (unpaired) electrons. The van der Waals surface area contributed by atoms with Gasteiger partial charge in [-0.3, -0.25) is 14.0 Å². The third-order valence-electron chi connectivity index (χ3n) is 8.33. The second kappa shape index (κ2) is 13.1. The molecule has 3 aliphatic rings. The number of nitrogens with two attached hydrogens (primary N) is 1. The first kappa shape index (κ1) is 29.2. The van der Waals surface area contributed by atoms with Gasteiger partial charge in [-0.25, -0.2) is 4.98 Å². The highest BCUT2D eigenvalue weighted by Gasteiger charge is 2.30. The van der Waals surface area contributed by atoms with Crippen molar-refractivity contribution >= 4 is 34.2 Å². The predicted octanol–water partition coefficient (Wildman–Crippen LogP) is 3.17. The van der Waals surface area contributed by atoms with Gasteiger partial charge in [0.15, 0.2) is 0 Å². The number of anilines is 2. The maximum atomic E-state index is 12.8. The van der Waals surface area contributed by atoms with Gasteiger partial charge in [-0.1, -0.05) is 12.1 Å². The Labute approximate surface area is 244 Å². The van der Waals surface area contributed by atoms with E-state index in [0.717, 1.165) is 92.0 Å². The maximum Gasteiger partial charge on any atom is 0.251 e. The highest BCUT2D eigenvalue weighted by molar-refractivity contribution is 7.85. The van der Waals surface area contributed by atoms with E-state index in [0.29, 0.717) is 29.5 Å². The molecule has 1 amide bonds. The predicted molar refractivity (Wildman–Crippen MR) is 163 cm³/mol. The number of hydrogen-bond donors (Lipinski definition) is 3. The fraction of sp³-hybridized carbons (Fsp3) is 0.533. The minimum Gasteiger partial charge on any atom is -0.402 e. The Morgan fingerprint density at radius 1 is 1.12 bits per heavy atom. The van der Waals surface area contributed by atoms with E-state index in [2.05, 4.69) is 32.7 Å². The molecule has 2 fully saturated rings. The first-order valence-corrected chi connectivity index (χ1v) is 15.8. The zero-order chi connectivity index (χ0) is 28.9. The molecule has 10 nitrogen and oxygen atoms in total. The number of piperidine rings is 1. The van der Waals surface area contributed by atoms with E-state index >= 15 is 0 Å². The molecule has 0 aliphatic carbocycles. The van der Waals surface area contributed by atoms with E-state index in [1.165, 1.54) is 5.56 Å². The third kappa shape index (κ3) is 6.78. The molecule has 4 heterocycles. The number of hydrogen-bond acceptors (Lipinski definition) is 9. The summed E-state index contributed by atoms with van der Waals surface area (Å²) in [5, 5.41) is 6.53. The third-order valence-corrected chi connectivity index (χ3v) is 9.79. The van der Waals surface area contributed by atoms with Crippen molar-refractivity contribution in [2.45, 2.75) is 62.8 Å². The summed E-state index contributed by atoms with van der Waals surface area (Å²) in [5.41, 5.74) is 11.1. The number of aromatic nitrogens is 2. The lowest BCUT2D eigenvalue weighted by molar-refractivity contribution is 0.0903. The van der Waals surface area contributed by atoms with E-state index < -0.39 is 10.8 Å². The van der Waals surface area contributed by atoms with Crippen molar-refractivity contribution in [2.24, 2.45) is 10.7 Å². The Morgan fingerprint density at radius 2 is 1.83 bits per heavy atom. The number of aliphatic imine (C=N–C) groups is 1. The second-order valence-electron chi connectivity index (χ2n) is 11.0. The zero-order valence-corrected chi connectivity index (χ0v) is 25.1. The molecule has 220 valence electrons. The molecule has 2 saturated heterocycles. The minimum atomic E-state index is -1.05. The fourth-order valence-corrected chi connectivity index (χ4v) is 7.05. The van der Waals surface area contributed by atoms with Gasteiger partial charge in [-0.2, -0.15) is 4.98 Å². The van der Waals surface area contributed by atoms with Crippen LogP contribution in [0.5, 0.6) is 0 Å².